The van der Waals surface area contributed by atoms with E-state index >= 15 is 0 Å². The summed E-state index contributed by atoms with van der Waals surface area (Å²) in [5.41, 5.74) is 0.510. The van der Waals surface area contributed by atoms with Crippen LogP contribution in [0.15, 0.2) is 76.1 Å². The van der Waals surface area contributed by atoms with Crippen LogP contribution in [0.1, 0.15) is 10.4 Å². The molecule has 0 aromatic heterocycles. The fraction of sp³-hybridized carbons (Fsp3) is 0.0952. The first-order valence-electron chi connectivity index (χ1n) is 8.72. The van der Waals surface area contributed by atoms with Gasteiger partial charge < -0.3 is 10.1 Å². The number of nitrogens with zero attached hydrogens (tertiary/aromatic N) is 1. The number of nitrogens with one attached hydrogen (secondary N) is 1. The number of hydrogen-bond acceptors (Lipinski definition) is 4. The summed E-state index contributed by atoms with van der Waals surface area (Å²) >= 11 is 3.15. The summed E-state index contributed by atoms with van der Waals surface area (Å²) in [5.74, 6) is -0.635. The number of methoxy groups -OCH3 is 1. The van der Waals surface area contributed by atoms with Crippen molar-refractivity contribution in [2.45, 2.75) is 4.90 Å². The molecule has 0 aliphatic heterocycles. The van der Waals surface area contributed by atoms with Crippen molar-refractivity contribution < 1.29 is 22.3 Å². The molecule has 0 saturated heterocycles. The predicted molar refractivity (Wildman–Crippen MR) is 117 cm³/mol. The van der Waals surface area contributed by atoms with Crippen LogP contribution < -0.4 is 14.4 Å². The minimum Gasteiger partial charge on any atom is -0.497 e. The quantitative estimate of drug-likeness (QED) is 0.542. The molecular weight excluding hydrogens is 475 g/mol. The van der Waals surface area contributed by atoms with Gasteiger partial charge in [0.2, 0.25) is 0 Å². The second-order valence-electron chi connectivity index (χ2n) is 6.28. The standard InChI is InChI=1S/C21H18BrFN2O4S/c1-25(16-7-9-17(29-2)10-8-16)30(27,28)18-5-3-4-14(12-18)21(26)24-20-11-6-15(22)13-19(20)23/h3-13H,1-2H3,(H,24,26). The van der Waals surface area contributed by atoms with Gasteiger partial charge in [-0.1, -0.05) is 22.0 Å². The molecule has 0 aliphatic carbocycles. The van der Waals surface area contributed by atoms with E-state index in [1.54, 1.807) is 30.3 Å². The molecule has 0 spiro atoms. The molecule has 30 heavy (non-hydrogen) atoms. The second kappa shape index (κ2) is 8.85. The third kappa shape index (κ3) is 4.63. The van der Waals surface area contributed by atoms with Gasteiger partial charge in [-0.05, 0) is 60.7 Å². The summed E-state index contributed by atoms with van der Waals surface area (Å²) < 4.78 is 46.7. The molecule has 3 rings (SSSR count). The van der Waals surface area contributed by atoms with E-state index in [2.05, 4.69) is 21.2 Å². The van der Waals surface area contributed by atoms with Crippen molar-refractivity contribution in [2.75, 3.05) is 23.8 Å². The van der Waals surface area contributed by atoms with E-state index in [1.807, 2.05) is 0 Å². The molecule has 0 saturated carbocycles. The number of halogens is 2. The summed E-state index contributed by atoms with van der Waals surface area (Å²) in [6, 6.07) is 16.3. The molecule has 3 aromatic carbocycles. The van der Waals surface area contributed by atoms with E-state index in [1.165, 1.54) is 50.6 Å². The number of amides is 1. The average molecular weight is 493 g/mol. The molecule has 0 fully saturated rings. The number of carbonyl (C=O) groups is 1. The molecule has 9 heteroatoms. The van der Waals surface area contributed by atoms with E-state index in [-0.39, 0.29) is 16.1 Å². The predicted octanol–water partition coefficient (Wildman–Crippen LogP) is 4.67. The molecule has 1 N–H and O–H groups in total. The largest absolute Gasteiger partial charge is 0.497 e. The van der Waals surface area contributed by atoms with Gasteiger partial charge in [0.05, 0.1) is 23.4 Å². The Morgan fingerprint density at radius 1 is 1.07 bits per heavy atom. The van der Waals surface area contributed by atoms with Gasteiger partial charge in [-0.25, -0.2) is 12.8 Å². The fourth-order valence-corrected chi connectivity index (χ4v) is 4.25. The lowest BCUT2D eigenvalue weighted by Crippen LogP contribution is -2.26. The molecule has 0 unspecified atom stereocenters. The van der Waals surface area contributed by atoms with Crippen LogP contribution in [0.2, 0.25) is 0 Å². The molecule has 6 nitrogen and oxygen atoms in total. The zero-order valence-electron chi connectivity index (χ0n) is 16.1. The van der Waals surface area contributed by atoms with Crippen molar-refractivity contribution in [1.29, 1.82) is 0 Å². The van der Waals surface area contributed by atoms with Gasteiger partial charge in [0.15, 0.2) is 0 Å². The lowest BCUT2D eigenvalue weighted by molar-refractivity contribution is 0.102. The van der Waals surface area contributed by atoms with Gasteiger partial charge >= 0.3 is 0 Å². The first-order chi connectivity index (χ1) is 14.2. The number of sulfonamides is 1. The summed E-state index contributed by atoms with van der Waals surface area (Å²) in [6.07, 6.45) is 0. The number of anilines is 2. The summed E-state index contributed by atoms with van der Waals surface area (Å²) in [5, 5.41) is 2.45. The first kappa shape index (κ1) is 21.8. The molecule has 0 heterocycles. The molecule has 0 radical (unpaired) electrons. The van der Waals surface area contributed by atoms with Crippen molar-refractivity contribution >= 4 is 43.2 Å². The number of rotatable bonds is 6. The Labute approximate surface area is 182 Å². The monoisotopic (exact) mass is 492 g/mol. The highest BCUT2D eigenvalue weighted by Crippen LogP contribution is 2.25. The van der Waals surface area contributed by atoms with E-state index < -0.39 is 21.7 Å². The van der Waals surface area contributed by atoms with Crippen molar-refractivity contribution in [2.24, 2.45) is 0 Å². The van der Waals surface area contributed by atoms with Crippen LogP contribution in [0.5, 0.6) is 5.75 Å². The number of hydrogen-bond donors (Lipinski definition) is 1. The molecule has 156 valence electrons. The highest BCUT2D eigenvalue weighted by Gasteiger charge is 2.23. The van der Waals surface area contributed by atoms with Crippen LogP contribution in [0.3, 0.4) is 0 Å². The summed E-state index contributed by atoms with van der Waals surface area (Å²) in [6.45, 7) is 0. The molecule has 0 bridgehead atoms. The van der Waals surface area contributed by atoms with Crippen molar-refractivity contribution in [3.05, 3.63) is 82.6 Å². The number of carbonyl (C=O) groups excluding carboxylic acids is 1. The van der Waals surface area contributed by atoms with Crippen LogP contribution in [0.25, 0.3) is 0 Å². The highest BCUT2D eigenvalue weighted by atomic mass is 79.9. The molecule has 0 atom stereocenters. The van der Waals surface area contributed by atoms with Crippen LogP contribution in [0.4, 0.5) is 15.8 Å². The Balaban J connectivity index is 1.86. The zero-order valence-corrected chi connectivity index (χ0v) is 18.5. The first-order valence-corrected chi connectivity index (χ1v) is 10.9. The number of ether oxygens (including phenoxy) is 1. The fourth-order valence-electron chi connectivity index (χ4n) is 2.67. The van der Waals surface area contributed by atoms with Gasteiger partial charge in [0, 0.05) is 17.1 Å². The maximum atomic E-state index is 14.0. The highest BCUT2D eigenvalue weighted by molar-refractivity contribution is 9.10. The van der Waals surface area contributed by atoms with E-state index in [0.717, 1.165) is 4.31 Å². The van der Waals surface area contributed by atoms with Crippen molar-refractivity contribution in [3.8, 4) is 5.75 Å². The van der Waals surface area contributed by atoms with Crippen molar-refractivity contribution in [3.63, 3.8) is 0 Å². The molecule has 1 amide bonds. The van der Waals surface area contributed by atoms with Gasteiger partial charge in [0.1, 0.15) is 11.6 Å². The Morgan fingerprint density at radius 2 is 1.77 bits per heavy atom. The maximum absolute atomic E-state index is 14.0. The van der Waals surface area contributed by atoms with Crippen LogP contribution in [-0.4, -0.2) is 28.5 Å². The Kier molecular flexibility index (Phi) is 6.42. The van der Waals surface area contributed by atoms with Crippen LogP contribution >= 0.6 is 15.9 Å². The Hall–Kier alpha value is -2.91. The number of benzene rings is 3. The molecular formula is C21H18BrFN2O4S. The normalized spacial score (nSPS) is 11.1. The molecule has 3 aromatic rings. The second-order valence-corrected chi connectivity index (χ2v) is 9.16. The van der Waals surface area contributed by atoms with Crippen LogP contribution in [-0.2, 0) is 10.0 Å². The maximum Gasteiger partial charge on any atom is 0.264 e. The van der Waals surface area contributed by atoms with Gasteiger partial charge in [-0.3, -0.25) is 9.10 Å². The minimum absolute atomic E-state index is 0.00758. The SMILES string of the molecule is COc1ccc(N(C)S(=O)(=O)c2cccc(C(=O)Nc3ccc(Br)cc3F)c2)cc1. The van der Waals surface area contributed by atoms with E-state index in [9.17, 15) is 17.6 Å². The lowest BCUT2D eigenvalue weighted by Gasteiger charge is -2.20. The van der Waals surface area contributed by atoms with Gasteiger partial charge in [-0.15, -0.1) is 0 Å². The van der Waals surface area contributed by atoms with E-state index in [4.69, 9.17) is 4.74 Å². The van der Waals surface area contributed by atoms with Gasteiger partial charge in [0.25, 0.3) is 15.9 Å². The summed E-state index contributed by atoms with van der Waals surface area (Å²) in [4.78, 5) is 12.5. The zero-order chi connectivity index (χ0) is 21.9. The lowest BCUT2D eigenvalue weighted by atomic mass is 10.2. The smallest absolute Gasteiger partial charge is 0.264 e. The third-order valence-corrected chi connectivity index (χ3v) is 6.64. The third-order valence-electron chi connectivity index (χ3n) is 4.37. The van der Waals surface area contributed by atoms with Gasteiger partial charge in [-0.2, -0.15) is 0 Å². The molecule has 0 aliphatic rings. The average Bonchev–Trinajstić information content (AvgIpc) is 2.75. The van der Waals surface area contributed by atoms with Crippen molar-refractivity contribution in [1.82, 2.24) is 0 Å². The summed E-state index contributed by atoms with van der Waals surface area (Å²) in [7, 11) is -0.984. The topological polar surface area (TPSA) is 75.7 Å². The van der Waals surface area contributed by atoms with E-state index in [0.29, 0.717) is 15.9 Å². The Morgan fingerprint density at radius 3 is 2.40 bits per heavy atom. The Bertz CT molecular complexity index is 1180. The minimum atomic E-state index is -3.92. The van der Waals surface area contributed by atoms with Crippen LogP contribution in [0, 0.1) is 5.82 Å².